The van der Waals surface area contributed by atoms with Crippen molar-refractivity contribution in [2.24, 2.45) is 7.05 Å². The molecule has 36 heavy (non-hydrogen) atoms. The van der Waals surface area contributed by atoms with Gasteiger partial charge in [0.15, 0.2) is 0 Å². The molecule has 0 spiro atoms. The van der Waals surface area contributed by atoms with Crippen LogP contribution < -0.4 is 10.3 Å². The van der Waals surface area contributed by atoms with Crippen LogP contribution in [0.3, 0.4) is 0 Å². The predicted octanol–water partition coefficient (Wildman–Crippen LogP) is 4.36. The van der Waals surface area contributed by atoms with Crippen molar-refractivity contribution in [3.63, 3.8) is 0 Å². The lowest BCUT2D eigenvalue weighted by Crippen LogP contribution is -2.35. The van der Waals surface area contributed by atoms with Crippen molar-refractivity contribution in [3.8, 4) is 11.4 Å². The third kappa shape index (κ3) is 4.28. The second-order valence-electron chi connectivity index (χ2n) is 8.55. The fourth-order valence-corrected chi connectivity index (χ4v) is 4.46. The van der Waals surface area contributed by atoms with Gasteiger partial charge in [0.05, 0.1) is 17.7 Å². The van der Waals surface area contributed by atoms with Crippen LogP contribution in [-0.2, 0) is 32.8 Å². The van der Waals surface area contributed by atoms with Crippen LogP contribution >= 0.6 is 0 Å². The topological polar surface area (TPSA) is 89.6 Å². The van der Waals surface area contributed by atoms with Crippen molar-refractivity contribution < 1.29 is 27.8 Å². The van der Waals surface area contributed by atoms with Gasteiger partial charge in [0.25, 0.3) is 5.56 Å². The lowest BCUT2D eigenvalue weighted by molar-refractivity contribution is -0.141. The summed E-state index contributed by atoms with van der Waals surface area (Å²) in [5, 5.41) is 10.4. The molecule has 0 saturated carbocycles. The molecule has 4 aromatic rings. The summed E-state index contributed by atoms with van der Waals surface area (Å²) in [6.45, 7) is 0.709. The number of pyridine rings is 2. The molecule has 5 rings (SSSR count). The van der Waals surface area contributed by atoms with Crippen LogP contribution in [0.15, 0.2) is 59.7 Å². The lowest BCUT2D eigenvalue weighted by atomic mass is 10.0. The Hall–Kier alpha value is -4.28. The van der Waals surface area contributed by atoms with E-state index in [1.807, 2.05) is 29.8 Å². The van der Waals surface area contributed by atoms with Gasteiger partial charge < -0.3 is 19.3 Å². The van der Waals surface area contributed by atoms with Crippen molar-refractivity contribution in [3.05, 3.63) is 87.7 Å². The van der Waals surface area contributed by atoms with Crippen LogP contribution in [0, 0.1) is 0 Å². The SMILES string of the molecule is Cn1c2c(c3ccc(-n4ccc(OCc5ccc(C(F)(F)F)nc5)cc4=O)cc31)CCN(C(=O)O)C2. The normalized spacial score (nSPS) is 13.6. The second-order valence-corrected chi connectivity index (χ2v) is 8.55. The molecule has 0 radical (unpaired) electrons. The minimum Gasteiger partial charge on any atom is -0.489 e. The number of carboxylic acid groups (broad SMARTS) is 1. The quantitative estimate of drug-likeness (QED) is 0.452. The maximum atomic E-state index is 12.8. The summed E-state index contributed by atoms with van der Waals surface area (Å²) in [6, 6.07) is 10.7. The van der Waals surface area contributed by atoms with Gasteiger partial charge in [-0.3, -0.25) is 14.3 Å². The Balaban J connectivity index is 1.36. The van der Waals surface area contributed by atoms with Gasteiger partial charge in [0, 0.05) is 48.7 Å². The van der Waals surface area contributed by atoms with Crippen molar-refractivity contribution in [1.29, 1.82) is 0 Å². The molecule has 0 unspecified atom stereocenters. The van der Waals surface area contributed by atoms with Crippen LogP contribution in [0.4, 0.5) is 18.0 Å². The molecular formula is C25H21F3N4O4. The number of nitrogens with zero attached hydrogens (tertiary/aromatic N) is 4. The summed E-state index contributed by atoms with van der Waals surface area (Å²) < 4.78 is 46.9. The maximum Gasteiger partial charge on any atom is 0.433 e. The Morgan fingerprint density at radius 3 is 2.64 bits per heavy atom. The molecule has 0 aliphatic carbocycles. The first-order valence-electron chi connectivity index (χ1n) is 11.1. The summed E-state index contributed by atoms with van der Waals surface area (Å²) in [4.78, 5) is 29.0. The molecule has 0 saturated heterocycles. The van der Waals surface area contributed by atoms with E-state index in [9.17, 15) is 27.9 Å². The smallest absolute Gasteiger partial charge is 0.433 e. The average Bonchev–Trinajstić information content (AvgIpc) is 3.13. The van der Waals surface area contributed by atoms with E-state index in [1.54, 1.807) is 12.3 Å². The van der Waals surface area contributed by atoms with E-state index in [-0.39, 0.29) is 17.9 Å². The number of ether oxygens (including phenoxy) is 1. The van der Waals surface area contributed by atoms with Crippen molar-refractivity contribution in [2.45, 2.75) is 25.7 Å². The van der Waals surface area contributed by atoms with E-state index >= 15 is 0 Å². The number of aryl methyl sites for hydroxylation is 1. The third-order valence-corrected chi connectivity index (χ3v) is 6.35. The number of halogens is 3. The average molecular weight is 498 g/mol. The zero-order valence-corrected chi connectivity index (χ0v) is 19.1. The van der Waals surface area contributed by atoms with E-state index in [0.29, 0.717) is 30.8 Å². The summed E-state index contributed by atoms with van der Waals surface area (Å²) in [6.07, 6.45) is -2.17. The maximum absolute atomic E-state index is 12.8. The molecule has 1 aliphatic heterocycles. The van der Waals surface area contributed by atoms with Crippen LogP contribution in [0.2, 0.25) is 0 Å². The molecule has 186 valence electrons. The molecule has 1 N–H and O–H groups in total. The Labute approximate surface area is 202 Å². The van der Waals surface area contributed by atoms with Gasteiger partial charge in [-0.1, -0.05) is 12.1 Å². The molecule has 3 aromatic heterocycles. The fraction of sp³-hybridized carbons (Fsp3) is 0.240. The van der Waals surface area contributed by atoms with Gasteiger partial charge in [-0.25, -0.2) is 4.79 Å². The number of benzene rings is 1. The second kappa shape index (κ2) is 8.74. The first-order chi connectivity index (χ1) is 17.1. The van der Waals surface area contributed by atoms with Gasteiger partial charge in [-0.2, -0.15) is 13.2 Å². The molecule has 11 heteroatoms. The van der Waals surface area contributed by atoms with Crippen LogP contribution in [0.5, 0.6) is 5.75 Å². The van der Waals surface area contributed by atoms with Gasteiger partial charge >= 0.3 is 12.3 Å². The highest BCUT2D eigenvalue weighted by molar-refractivity contribution is 5.88. The molecule has 1 aliphatic rings. The molecular weight excluding hydrogens is 477 g/mol. The summed E-state index contributed by atoms with van der Waals surface area (Å²) in [7, 11) is 1.88. The molecule has 4 heterocycles. The molecule has 0 atom stereocenters. The van der Waals surface area contributed by atoms with E-state index in [0.717, 1.165) is 34.4 Å². The standard InChI is InChI=1S/C25H21F3N4O4/c1-30-20-10-16(3-4-18(20)19-7-8-31(24(34)35)13-21(19)30)32-9-6-17(11-23(32)33)36-14-15-2-5-22(29-12-15)25(26,27)28/h2-6,9-12H,7-8,13-14H2,1H3,(H,34,35). The fourth-order valence-electron chi connectivity index (χ4n) is 4.46. The predicted molar refractivity (Wildman–Crippen MR) is 124 cm³/mol. The third-order valence-electron chi connectivity index (χ3n) is 6.35. The van der Waals surface area contributed by atoms with Gasteiger partial charge in [-0.15, -0.1) is 0 Å². The van der Waals surface area contributed by atoms with Gasteiger partial charge in [0.2, 0.25) is 0 Å². The first kappa shape index (κ1) is 23.5. The number of rotatable bonds is 4. The molecule has 8 nitrogen and oxygen atoms in total. The molecule has 0 fully saturated rings. The number of carbonyl (C=O) groups is 1. The Bertz CT molecular complexity index is 1520. The monoisotopic (exact) mass is 498 g/mol. The van der Waals surface area contributed by atoms with Gasteiger partial charge in [0.1, 0.15) is 18.1 Å². The van der Waals surface area contributed by atoms with Crippen LogP contribution in [-0.4, -0.2) is 36.8 Å². The van der Waals surface area contributed by atoms with E-state index in [1.165, 1.54) is 21.6 Å². The summed E-state index contributed by atoms with van der Waals surface area (Å²) >= 11 is 0. The Kier molecular flexibility index (Phi) is 5.70. The van der Waals surface area contributed by atoms with Crippen molar-refractivity contribution in [2.75, 3.05) is 6.54 Å². The first-order valence-corrected chi connectivity index (χ1v) is 11.1. The number of hydrogen-bond acceptors (Lipinski definition) is 4. The number of amides is 1. The zero-order chi connectivity index (χ0) is 25.6. The van der Waals surface area contributed by atoms with Crippen molar-refractivity contribution in [1.82, 2.24) is 19.0 Å². The van der Waals surface area contributed by atoms with E-state index in [2.05, 4.69) is 4.98 Å². The van der Waals surface area contributed by atoms with Gasteiger partial charge in [-0.05, 0) is 36.2 Å². The zero-order valence-electron chi connectivity index (χ0n) is 19.1. The molecule has 1 amide bonds. The highest BCUT2D eigenvalue weighted by atomic mass is 19.4. The van der Waals surface area contributed by atoms with Crippen LogP contribution in [0.25, 0.3) is 16.6 Å². The number of fused-ring (bicyclic) bond motifs is 3. The minimum absolute atomic E-state index is 0.0389. The van der Waals surface area contributed by atoms with Crippen LogP contribution in [0.1, 0.15) is 22.5 Å². The lowest BCUT2D eigenvalue weighted by Gasteiger charge is -2.25. The highest BCUT2D eigenvalue weighted by Crippen LogP contribution is 2.31. The number of alkyl halides is 3. The van der Waals surface area contributed by atoms with E-state index in [4.69, 9.17) is 4.74 Å². The van der Waals surface area contributed by atoms with E-state index < -0.39 is 18.0 Å². The number of hydrogen-bond donors (Lipinski definition) is 1. The highest BCUT2D eigenvalue weighted by Gasteiger charge is 2.32. The largest absolute Gasteiger partial charge is 0.489 e. The molecule has 0 bridgehead atoms. The van der Waals surface area contributed by atoms with Crippen molar-refractivity contribution >= 4 is 17.0 Å². The Morgan fingerprint density at radius 2 is 1.97 bits per heavy atom. The Morgan fingerprint density at radius 1 is 1.17 bits per heavy atom. The summed E-state index contributed by atoms with van der Waals surface area (Å²) in [5.74, 6) is 0.278. The summed E-state index contributed by atoms with van der Waals surface area (Å²) in [5.41, 5.74) is 2.70. The minimum atomic E-state index is -4.51. The number of aromatic nitrogens is 3. The molecule has 1 aromatic carbocycles.